The van der Waals surface area contributed by atoms with E-state index in [4.69, 9.17) is 0 Å². The van der Waals surface area contributed by atoms with E-state index in [0.717, 1.165) is 12.6 Å². The zero-order valence-electron chi connectivity index (χ0n) is 12.4. The lowest BCUT2D eigenvalue weighted by molar-refractivity contribution is 0.344. The van der Waals surface area contributed by atoms with Crippen molar-refractivity contribution in [2.75, 3.05) is 6.54 Å². The van der Waals surface area contributed by atoms with Crippen LogP contribution in [-0.2, 0) is 0 Å². The van der Waals surface area contributed by atoms with Gasteiger partial charge in [0.25, 0.3) is 0 Å². The van der Waals surface area contributed by atoms with Gasteiger partial charge < -0.3 is 5.32 Å². The molecule has 2 heteroatoms. The van der Waals surface area contributed by atoms with Crippen LogP contribution >= 0.6 is 15.9 Å². The van der Waals surface area contributed by atoms with Crippen molar-refractivity contribution in [1.29, 1.82) is 0 Å². The summed E-state index contributed by atoms with van der Waals surface area (Å²) in [6, 6.07) is 9.61. The van der Waals surface area contributed by atoms with Crippen LogP contribution in [0.3, 0.4) is 0 Å². The Morgan fingerprint density at radius 3 is 2.63 bits per heavy atom. The van der Waals surface area contributed by atoms with Gasteiger partial charge in [0.15, 0.2) is 0 Å². The summed E-state index contributed by atoms with van der Waals surface area (Å²) in [6.45, 7) is 8.12. The fraction of sp³-hybridized carbons (Fsp3) is 0.647. The average molecular weight is 324 g/mol. The molecule has 1 aromatic carbocycles. The van der Waals surface area contributed by atoms with Gasteiger partial charge in [-0.05, 0) is 54.7 Å². The third-order valence-electron chi connectivity index (χ3n) is 3.79. The Balaban J connectivity index is 1.99. The molecule has 0 aromatic heterocycles. The quantitative estimate of drug-likeness (QED) is 0.766. The molecule has 1 fully saturated rings. The number of hydrogen-bond acceptors (Lipinski definition) is 1. The molecule has 1 aromatic rings. The Kier molecular flexibility index (Phi) is 5.08. The molecule has 1 aliphatic rings. The van der Waals surface area contributed by atoms with Gasteiger partial charge >= 0.3 is 0 Å². The maximum absolute atomic E-state index is 3.70. The topological polar surface area (TPSA) is 12.0 Å². The van der Waals surface area contributed by atoms with Crippen LogP contribution in [0.4, 0.5) is 0 Å². The first-order valence-electron chi connectivity index (χ1n) is 7.43. The van der Waals surface area contributed by atoms with Gasteiger partial charge in [0.2, 0.25) is 0 Å². The minimum Gasteiger partial charge on any atom is -0.313 e. The Labute approximate surface area is 126 Å². The van der Waals surface area contributed by atoms with Crippen molar-refractivity contribution in [3.63, 3.8) is 0 Å². The van der Waals surface area contributed by atoms with E-state index in [0.29, 0.717) is 11.3 Å². The fourth-order valence-electron chi connectivity index (χ4n) is 2.35. The van der Waals surface area contributed by atoms with Crippen molar-refractivity contribution in [2.45, 2.75) is 58.4 Å². The Bertz CT molecular complexity index is 404. The number of hydrogen-bond donors (Lipinski definition) is 1. The molecule has 0 bridgehead atoms. The SMILES string of the molecule is CC(C)(C)CCC(CNC1CC1)c1cccc(Br)c1. The summed E-state index contributed by atoms with van der Waals surface area (Å²) >= 11 is 3.59. The highest BCUT2D eigenvalue weighted by Gasteiger charge is 2.23. The van der Waals surface area contributed by atoms with Gasteiger partial charge in [-0.15, -0.1) is 0 Å². The van der Waals surface area contributed by atoms with E-state index in [1.807, 2.05) is 0 Å². The number of nitrogens with one attached hydrogen (secondary N) is 1. The van der Waals surface area contributed by atoms with Gasteiger partial charge in [0.05, 0.1) is 0 Å². The monoisotopic (exact) mass is 323 g/mol. The van der Waals surface area contributed by atoms with Gasteiger partial charge in [0.1, 0.15) is 0 Å². The second-order valence-electron chi connectivity index (χ2n) is 7.03. The van der Waals surface area contributed by atoms with E-state index < -0.39 is 0 Å². The number of rotatable bonds is 6. The molecule has 1 aliphatic carbocycles. The standard InChI is InChI=1S/C17H26BrN/c1-17(2,3)10-9-14(12-19-16-7-8-16)13-5-4-6-15(18)11-13/h4-6,11,14,16,19H,7-10,12H2,1-3H3. The maximum atomic E-state index is 3.70. The molecule has 1 atom stereocenters. The molecule has 1 unspecified atom stereocenters. The number of benzene rings is 1. The van der Waals surface area contributed by atoms with Crippen LogP contribution < -0.4 is 5.32 Å². The molecule has 0 amide bonds. The second-order valence-corrected chi connectivity index (χ2v) is 7.95. The summed E-state index contributed by atoms with van der Waals surface area (Å²) in [6.07, 6.45) is 5.27. The van der Waals surface area contributed by atoms with Gasteiger partial charge in [-0.1, -0.05) is 48.8 Å². The minimum atomic E-state index is 0.420. The van der Waals surface area contributed by atoms with Crippen molar-refractivity contribution in [3.8, 4) is 0 Å². The second kappa shape index (κ2) is 6.41. The fourth-order valence-corrected chi connectivity index (χ4v) is 2.77. The van der Waals surface area contributed by atoms with Crippen LogP contribution in [0.2, 0.25) is 0 Å². The van der Waals surface area contributed by atoms with E-state index in [1.165, 1.54) is 35.7 Å². The van der Waals surface area contributed by atoms with Gasteiger partial charge in [-0.3, -0.25) is 0 Å². The summed E-state index contributed by atoms with van der Waals surface area (Å²) in [5.74, 6) is 0.636. The molecule has 0 saturated heterocycles. The Hall–Kier alpha value is -0.340. The van der Waals surface area contributed by atoms with Crippen LogP contribution in [0.1, 0.15) is 57.9 Å². The van der Waals surface area contributed by atoms with Gasteiger partial charge in [-0.2, -0.15) is 0 Å². The lowest BCUT2D eigenvalue weighted by atomic mass is 9.84. The third kappa shape index (κ3) is 5.66. The highest BCUT2D eigenvalue weighted by Crippen LogP contribution is 2.30. The van der Waals surface area contributed by atoms with Gasteiger partial charge in [-0.25, -0.2) is 0 Å². The molecule has 0 spiro atoms. The van der Waals surface area contributed by atoms with Crippen LogP contribution in [0.15, 0.2) is 28.7 Å². The van der Waals surface area contributed by atoms with E-state index in [-0.39, 0.29) is 0 Å². The smallest absolute Gasteiger partial charge is 0.0178 e. The zero-order valence-corrected chi connectivity index (χ0v) is 14.0. The summed E-state index contributed by atoms with van der Waals surface area (Å²) < 4.78 is 1.19. The molecule has 0 radical (unpaired) electrons. The van der Waals surface area contributed by atoms with Crippen molar-refractivity contribution in [2.24, 2.45) is 5.41 Å². The van der Waals surface area contributed by atoms with Gasteiger partial charge in [0, 0.05) is 17.1 Å². The minimum absolute atomic E-state index is 0.420. The van der Waals surface area contributed by atoms with Crippen LogP contribution in [-0.4, -0.2) is 12.6 Å². The summed E-state index contributed by atoms with van der Waals surface area (Å²) in [7, 11) is 0. The van der Waals surface area contributed by atoms with E-state index in [1.54, 1.807) is 0 Å². The highest BCUT2D eigenvalue weighted by atomic mass is 79.9. The van der Waals surface area contributed by atoms with Crippen molar-refractivity contribution in [1.82, 2.24) is 5.32 Å². The van der Waals surface area contributed by atoms with Crippen molar-refractivity contribution < 1.29 is 0 Å². The Morgan fingerprint density at radius 2 is 2.05 bits per heavy atom. The summed E-state index contributed by atoms with van der Waals surface area (Å²) in [4.78, 5) is 0. The normalized spacial score (nSPS) is 17.5. The lowest BCUT2D eigenvalue weighted by Gasteiger charge is -2.24. The molecule has 106 valence electrons. The van der Waals surface area contributed by atoms with E-state index in [2.05, 4.69) is 66.3 Å². The molecule has 1 nitrogen and oxygen atoms in total. The summed E-state index contributed by atoms with van der Waals surface area (Å²) in [5.41, 5.74) is 1.89. The van der Waals surface area contributed by atoms with Crippen LogP contribution in [0.25, 0.3) is 0 Å². The molecule has 19 heavy (non-hydrogen) atoms. The highest BCUT2D eigenvalue weighted by molar-refractivity contribution is 9.10. The molecule has 0 aliphatic heterocycles. The lowest BCUT2D eigenvalue weighted by Crippen LogP contribution is -2.24. The molecular weight excluding hydrogens is 298 g/mol. The van der Waals surface area contributed by atoms with E-state index >= 15 is 0 Å². The first-order chi connectivity index (χ1) is 8.94. The maximum Gasteiger partial charge on any atom is 0.0178 e. The first kappa shape index (κ1) is 15.1. The predicted molar refractivity (Wildman–Crippen MR) is 86.6 cm³/mol. The average Bonchev–Trinajstić information content (AvgIpc) is 3.11. The van der Waals surface area contributed by atoms with Crippen LogP contribution in [0, 0.1) is 5.41 Å². The predicted octanol–water partition coefficient (Wildman–Crippen LogP) is 5.11. The third-order valence-corrected chi connectivity index (χ3v) is 4.29. The summed E-state index contributed by atoms with van der Waals surface area (Å²) in [5, 5.41) is 3.70. The van der Waals surface area contributed by atoms with Crippen molar-refractivity contribution >= 4 is 15.9 Å². The Morgan fingerprint density at radius 1 is 1.32 bits per heavy atom. The van der Waals surface area contributed by atoms with E-state index in [9.17, 15) is 0 Å². The molecule has 2 rings (SSSR count). The van der Waals surface area contributed by atoms with Crippen LogP contribution in [0.5, 0.6) is 0 Å². The molecule has 0 heterocycles. The first-order valence-corrected chi connectivity index (χ1v) is 8.22. The molecule has 1 N–H and O–H groups in total. The largest absolute Gasteiger partial charge is 0.313 e. The molecular formula is C17H26BrN. The van der Waals surface area contributed by atoms with Crippen molar-refractivity contribution in [3.05, 3.63) is 34.3 Å². The molecule has 1 saturated carbocycles. The number of halogens is 1. The zero-order chi connectivity index (χ0) is 13.9.